The van der Waals surface area contributed by atoms with Gasteiger partial charge in [-0.15, -0.1) is 0 Å². The van der Waals surface area contributed by atoms with Crippen LogP contribution in [0.15, 0.2) is 11.6 Å². The van der Waals surface area contributed by atoms with E-state index in [2.05, 4.69) is 47.7 Å². The van der Waals surface area contributed by atoms with Crippen molar-refractivity contribution in [3.05, 3.63) is 11.6 Å². The molecule has 2 aliphatic rings. The fourth-order valence-electron chi connectivity index (χ4n) is 4.82. The van der Waals surface area contributed by atoms with Crippen molar-refractivity contribution in [2.24, 2.45) is 17.8 Å². The minimum atomic E-state index is -1.81. The molecule has 1 saturated carbocycles. The highest BCUT2D eigenvalue weighted by atomic mass is 28.4. The number of carbonyl (C=O) groups is 1. The summed E-state index contributed by atoms with van der Waals surface area (Å²) in [4.78, 5) is 12.6. The molecule has 2 aliphatic carbocycles. The van der Waals surface area contributed by atoms with Gasteiger partial charge in [-0.25, -0.2) is 0 Å². The minimum absolute atomic E-state index is 0.230. The summed E-state index contributed by atoms with van der Waals surface area (Å²) in [5, 5.41) is 0.230. The Kier molecular flexibility index (Phi) is 7.95. The van der Waals surface area contributed by atoms with Crippen molar-refractivity contribution >= 4 is 14.1 Å². The van der Waals surface area contributed by atoms with Gasteiger partial charge in [-0.1, -0.05) is 72.3 Å². The number of allylic oxidation sites excluding steroid dienone is 1. The van der Waals surface area contributed by atoms with E-state index < -0.39 is 8.32 Å². The van der Waals surface area contributed by atoms with Gasteiger partial charge in [0.25, 0.3) is 0 Å². The monoisotopic (exact) mass is 392 g/mol. The molecule has 0 heterocycles. The lowest BCUT2D eigenvalue weighted by molar-refractivity contribution is -0.114. The highest BCUT2D eigenvalue weighted by molar-refractivity contribution is 6.74. The molecular weight excluding hydrogens is 348 g/mol. The standard InChI is InChI=1S/C24H44O2Si/c1-18(2)23-19-16-20(25)14-12-10-8-9-11-13-15-21(23)22(17-19)26-27(6,7)24(3,4)5/h16,18,21-23H,8-15,17H2,1-7H3/b19-16-/t21-,22-,23-/m0/s1. The molecule has 156 valence electrons. The normalized spacial score (nSPS) is 31.0. The molecule has 0 aliphatic heterocycles. The van der Waals surface area contributed by atoms with E-state index in [9.17, 15) is 4.79 Å². The lowest BCUT2D eigenvalue weighted by atomic mass is 9.80. The first-order chi connectivity index (χ1) is 12.5. The smallest absolute Gasteiger partial charge is 0.192 e. The second kappa shape index (κ2) is 9.39. The fraction of sp³-hybridized carbons (Fsp3) is 0.875. The van der Waals surface area contributed by atoms with Crippen LogP contribution in [-0.2, 0) is 9.22 Å². The number of hydrogen-bond acceptors (Lipinski definition) is 2. The van der Waals surface area contributed by atoms with Crippen LogP contribution in [-0.4, -0.2) is 20.2 Å². The van der Waals surface area contributed by atoms with Gasteiger partial charge in [0.05, 0.1) is 6.10 Å². The van der Waals surface area contributed by atoms with Crippen LogP contribution >= 0.6 is 0 Å². The van der Waals surface area contributed by atoms with Gasteiger partial charge < -0.3 is 4.43 Å². The molecule has 0 aromatic rings. The van der Waals surface area contributed by atoms with E-state index in [0.717, 1.165) is 19.3 Å². The Hall–Kier alpha value is -0.413. The third kappa shape index (κ3) is 6.03. The average molecular weight is 393 g/mol. The van der Waals surface area contributed by atoms with Crippen molar-refractivity contribution in [1.82, 2.24) is 0 Å². The first-order valence-electron chi connectivity index (χ1n) is 11.4. The molecule has 3 atom stereocenters. The van der Waals surface area contributed by atoms with Gasteiger partial charge in [-0.2, -0.15) is 0 Å². The predicted octanol–water partition coefficient (Wildman–Crippen LogP) is 7.30. The lowest BCUT2D eigenvalue weighted by Crippen LogP contribution is -2.45. The van der Waals surface area contributed by atoms with Crippen LogP contribution in [0.25, 0.3) is 0 Å². The number of fused-ring (bicyclic) bond motifs is 2. The van der Waals surface area contributed by atoms with Gasteiger partial charge in [0, 0.05) is 6.42 Å². The van der Waals surface area contributed by atoms with Crippen molar-refractivity contribution in [1.29, 1.82) is 0 Å². The summed E-state index contributed by atoms with van der Waals surface area (Å²) in [6, 6.07) is 0. The van der Waals surface area contributed by atoms with E-state index >= 15 is 0 Å². The molecule has 2 rings (SSSR count). The van der Waals surface area contributed by atoms with Crippen LogP contribution in [0.5, 0.6) is 0 Å². The van der Waals surface area contributed by atoms with Gasteiger partial charge in [0.2, 0.25) is 0 Å². The second-order valence-electron chi connectivity index (χ2n) is 10.9. The van der Waals surface area contributed by atoms with Crippen molar-refractivity contribution < 1.29 is 9.22 Å². The molecule has 0 spiro atoms. The summed E-state index contributed by atoms with van der Waals surface area (Å²) >= 11 is 0. The van der Waals surface area contributed by atoms with Crippen LogP contribution < -0.4 is 0 Å². The molecule has 0 aromatic carbocycles. The maximum atomic E-state index is 12.6. The van der Waals surface area contributed by atoms with Crippen molar-refractivity contribution in [2.45, 2.75) is 117 Å². The Morgan fingerprint density at radius 3 is 2.22 bits per heavy atom. The summed E-state index contributed by atoms with van der Waals surface area (Å²) in [6.07, 6.45) is 12.8. The Morgan fingerprint density at radius 2 is 1.63 bits per heavy atom. The van der Waals surface area contributed by atoms with E-state index in [1.165, 1.54) is 44.1 Å². The minimum Gasteiger partial charge on any atom is -0.413 e. The number of rotatable bonds is 3. The summed E-state index contributed by atoms with van der Waals surface area (Å²) in [5.74, 6) is 2.03. The highest BCUT2D eigenvalue weighted by Crippen LogP contribution is 2.48. The van der Waals surface area contributed by atoms with E-state index in [4.69, 9.17) is 4.43 Å². The van der Waals surface area contributed by atoms with Gasteiger partial charge >= 0.3 is 0 Å². The Balaban J connectivity index is 2.31. The zero-order valence-corrected chi connectivity index (χ0v) is 20.1. The number of carbonyl (C=O) groups excluding carboxylic acids is 1. The van der Waals surface area contributed by atoms with Crippen LogP contribution in [0.1, 0.15) is 92.4 Å². The van der Waals surface area contributed by atoms with E-state index in [1.807, 2.05) is 6.08 Å². The zero-order chi connectivity index (χ0) is 20.2. The number of ketones is 1. The molecule has 3 heteroatoms. The average Bonchev–Trinajstić information content (AvgIpc) is 2.85. The van der Waals surface area contributed by atoms with Crippen molar-refractivity contribution in [3.8, 4) is 0 Å². The molecule has 0 aromatic heterocycles. The quantitative estimate of drug-likeness (QED) is 0.471. The Morgan fingerprint density at radius 1 is 1.04 bits per heavy atom. The van der Waals surface area contributed by atoms with E-state index in [0.29, 0.717) is 29.6 Å². The topological polar surface area (TPSA) is 26.3 Å². The van der Waals surface area contributed by atoms with Crippen LogP contribution in [0.2, 0.25) is 18.1 Å². The molecule has 0 N–H and O–H groups in total. The second-order valence-corrected chi connectivity index (χ2v) is 15.7. The number of hydrogen-bond donors (Lipinski definition) is 0. The maximum Gasteiger partial charge on any atom is 0.192 e. The van der Waals surface area contributed by atoms with Crippen molar-refractivity contribution in [2.75, 3.05) is 0 Å². The first kappa shape index (κ1) is 22.9. The maximum absolute atomic E-state index is 12.6. The largest absolute Gasteiger partial charge is 0.413 e. The lowest BCUT2D eigenvalue weighted by Gasteiger charge is -2.40. The van der Waals surface area contributed by atoms with Crippen LogP contribution in [0.3, 0.4) is 0 Å². The summed E-state index contributed by atoms with van der Waals surface area (Å²) in [5.41, 5.74) is 1.39. The summed E-state index contributed by atoms with van der Waals surface area (Å²) < 4.78 is 6.96. The third-order valence-electron chi connectivity index (χ3n) is 7.33. The summed E-state index contributed by atoms with van der Waals surface area (Å²) in [7, 11) is -1.81. The fourth-order valence-corrected chi connectivity index (χ4v) is 6.19. The van der Waals surface area contributed by atoms with Gasteiger partial charge in [-0.3, -0.25) is 4.79 Å². The predicted molar refractivity (Wildman–Crippen MR) is 119 cm³/mol. The molecule has 0 saturated heterocycles. The molecule has 1 fully saturated rings. The van der Waals surface area contributed by atoms with E-state index in [1.54, 1.807) is 0 Å². The van der Waals surface area contributed by atoms with Gasteiger partial charge in [-0.05, 0) is 61.2 Å². The molecule has 0 amide bonds. The molecule has 0 radical (unpaired) electrons. The van der Waals surface area contributed by atoms with Crippen LogP contribution in [0.4, 0.5) is 0 Å². The highest BCUT2D eigenvalue weighted by Gasteiger charge is 2.46. The molecular formula is C24H44O2Si. The van der Waals surface area contributed by atoms with E-state index in [-0.39, 0.29) is 5.04 Å². The molecule has 0 unspecified atom stereocenters. The molecule has 27 heavy (non-hydrogen) atoms. The SMILES string of the molecule is CC(C)[C@H]1/C2=C\C(=O)CCCCCCCC[C@H]1[C@@H](O[Si](C)(C)C(C)(C)C)C2. The third-order valence-corrected chi connectivity index (χ3v) is 11.8. The molecule has 2 nitrogen and oxygen atoms in total. The Labute approximate surface area is 169 Å². The van der Waals surface area contributed by atoms with Crippen molar-refractivity contribution in [3.63, 3.8) is 0 Å². The summed E-state index contributed by atoms with van der Waals surface area (Å²) in [6.45, 7) is 16.4. The van der Waals surface area contributed by atoms with Crippen LogP contribution in [0, 0.1) is 17.8 Å². The van der Waals surface area contributed by atoms with Gasteiger partial charge in [0.1, 0.15) is 0 Å². The zero-order valence-electron chi connectivity index (χ0n) is 19.1. The van der Waals surface area contributed by atoms with Gasteiger partial charge in [0.15, 0.2) is 14.1 Å². The molecule has 2 bridgehead atoms. The first-order valence-corrected chi connectivity index (χ1v) is 14.3. The Bertz CT molecular complexity index is 527.